The molecular formula is C25H22FN3OSi. The number of halogens is 1. The zero-order valence-corrected chi connectivity index (χ0v) is 18.8. The second-order valence-corrected chi connectivity index (χ2v) is 14.1. The maximum Gasteiger partial charge on any atom is 0.200 e. The number of fused-ring (bicyclic) bond motifs is 4. The molecule has 154 valence electrons. The minimum Gasteiger partial charge on any atom is -0.340 e. The molecule has 0 amide bonds. The molecule has 2 aromatic carbocycles. The molecule has 1 aliphatic carbocycles. The normalized spacial score (nSPS) is 14.4. The number of aromatic amines is 1. The minimum absolute atomic E-state index is 0.142. The zero-order chi connectivity index (χ0) is 21.9. The van der Waals surface area contributed by atoms with Gasteiger partial charge in [-0.2, -0.15) is 5.26 Å². The Bertz CT molecular complexity index is 1550. The van der Waals surface area contributed by atoms with E-state index in [-0.39, 0.29) is 17.3 Å². The predicted octanol–water partition coefficient (Wildman–Crippen LogP) is 5.60. The second-order valence-electron chi connectivity index (χ2n) is 9.35. The first-order chi connectivity index (χ1) is 14.8. The largest absolute Gasteiger partial charge is 0.340 e. The van der Waals surface area contributed by atoms with Crippen molar-refractivity contribution in [3.8, 4) is 17.5 Å². The van der Waals surface area contributed by atoms with Crippen molar-refractivity contribution in [1.82, 2.24) is 9.55 Å². The highest BCUT2D eigenvalue weighted by Gasteiger charge is 2.26. The highest BCUT2D eigenvalue weighted by atomic mass is 28.3. The Labute approximate surface area is 180 Å². The van der Waals surface area contributed by atoms with E-state index in [0.717, 1.165) is 30.2 Å². The molecule has 0 spiro atoms. The third-order valence-electron chi connectivity index (χ3n) is 5.96. The van der Waals surface area contributed by atoms with Crippen LogP contribution in [0.15, 0.2) is 35.1 Å². The molecule has 6 heteroatoms. The lowest BCUT2D eigenvalue weighted by molar-refractivity contribution is 0.326. The molecule has 2 heterocycles. The Kier molecular flexibility index (Phi) is 4.32. The number of hydrogen-bond donors (Lipinski definition) is 1. The summed E-state index contributed by atoms with van der Waals surface area (Å²) in [5.74, 6) is 2.75. The molecule has 31 heavy (non-hydrogen) atoms. The molecule has 0 bridgehead atoms. The number of nitriles is 1. The molecule has 1 fully saturated rings. The van der Waals surface area contributed by atoms with Crippen LogP contribution < -0.4 is 5.43 Å². The topological polar surface area (TPSA) is 61.6 Å². The van der Waals surface area contributed by atoms with E-state index in [1.807, 2.05) is 6.07 Å². The molecule has 0 radical (unpaired) electrons. The van der Waals surface area contributed by atoms with Gasteiger partial charge in [-0.1, -0.05) is 31.6 Å². The van der Waals surface area contributed by atoms with Crippen LogP contribution in [-0.4, -0.2) is 17.6 Å². The highest BCUT2D eigenvalue weighted by molar-refractivity contribution is 6.83. The first-order valence-electron chi connectivity index (χ1n) is 10.5. The van der Waals surface area contributed by atoms with Gasteiger partial charge in [-0.15, -0.1) is 5.54 Å². The fourth-order valence-corrected chi connectivity index (χ4v) is 4.82. The molecule has 0 saturated heterocycles. The van der Waals surface area contributed by atoms with Crippen LogP contribution >= 0.6 is 0 Å². The first-order valence-corrected chi connectivity index (χ1v) is 14.0. The van der Waals surface area contributed by atoms with Crippen LogP contribution in [0.3, 0.4) is 0 Å². The van der Waals surface area contributed by atoms with Gasteiger partial charge in [-0.25, -0.2) is 4.39 Å². The molecular weight excluding hydrogens is 405 g/mol. The quantitative estimate of drug-likeness (QED) is 0.317. The summed E-state index contributed by atoms with van der Waals surface area (Å²) in [6, 6.07) is 10.5. The molecule has 0 aliphatic heterocycles. The summed E-state index contributed by atoms with van der Waals surface area (Å²) in [5, 5.41) is 11.1. The summed E-state index contributed by atoms with van der Waals surface area (Å²) in [4.78, 5) is 17.1. The van der Waals surface area contributed by atoms with Gasteiger partial charge in [-0.05, 0) is 43.5 Å². The van der Waals surface area contributed by atoms with Crippen LogP contribution in [0.2, 0.25) is 19.6 Å². The average Bonchev–Trinajstić information content (AvgIpc) is 3.05. The fraction of sp³-hybridized carbons (Fsp3) is 0.280. The van der Waals surface area contributed by atoms with E-state index >= 15 is 0 Å². The van der Waals surface area contributed by atoms with Crippen molar-refractivity contribution in [2.45, 2.75) is 44.9 Å². The maximum atomic E-state index is 14.7. The summed E-state index contributed by atoms with van der Waals surface area (Å²) in [5.41, 5.74) is 6.16. The lowest BCUT2D eigenvalue weighted by atomic mass is 9.91. The second kappa shape index (κ2) is 6.83. The Morgan fingerprint density at radius 1 is 1.16 bits per heavy atom. The van der Waals surface area contributed by atoms with Crippen LogP contribution in [0, 0.1) is 28.6 Å². The van der Waals surface area contributed by atoms with E-state index in [1.54, 1.807) is 12.1 Å². The molecule has 5 rings (SSSR count). The van der Waals surface area contributed by atoms with Gasteiger partial charge < -0.3 is 9.55 Å². The summed E-state index contributed by atoms with van der Waals surface area (Å²) in [6.07, 6.45) is 3.08. The van der Waals surface area contributed by atoms with Crippen LogP contribution in [0.5, 0.6) is 0 Å². The zero-order valence-electron chi connectivity index (χ0n) is 17.8. The minimum atomic E-state index is -1.72. The lowest BCUT2D eigenvalue weighted by Gasteiger charge is -2.30. The lowest BCUT2D eigenvalue weighted by Crippen LogP contribution is -2.22. The summed E-state index contributed by atoms with van der Waals surface area (Å²) >= 11 is 0. The summed E-state index contributed by atoms with van der Waals surface area (Å²) in [6.45, 7) is 6.37. The number of nitrogens with one attached hydrogen (secondary N) is 1. The molecule has 1 aliphatic rings. The maximum absolute atomic E-state index is 14.7. The number of hydrogen-bond acceptors (Lipinski definition) is 2. The first kappa shape index (κ1) is 19.6. The van der Waals surface area contributed by atoms with Crippen molar-refractivity contribution in [3.05, 3.63) is 57.5 Å². The molecule has 0 unspecified atom stereocenters. The SMILES string of the molecule is C[Si](C)(C)C#Cc1cc(F)cc2c1c(=O)c1c3ccc(C#N)cc3[nH]c1n2C1CCC1. The van der Waals surface area contributed by atoms with Crippen molar-refractivity contribution in [3.63, 3.8) is 0 Å². The van der Waals surface area contributed by atoms with Crippen molar-refractivity contribution >= 4 is 40.9 Å². The fourth-order valence-electron chi connectivity index (χ4n) is 4.31. The summed E-state index contributed by atoms with van der Waals surface area (Å²) in [7, 11) is -1.72. The van der Waals surface area contributed by atoms with Gasteiger partial charge in [-0.3, -0.25) is 4.79 Å². The molecule has 4 aromatic rings. The van der Waals surface area contributed by atoms with Gasteiger partial charge in [0.05, 0.1) is 27.9 Å². The number of benzene rings is 2. The number of aromatic nitrogens is 2. The Hall–Kier alpha value is -3.35. The van der Waals surface area contributed by atoms with Gasteiger partial charge in [0.15, 0.2) is 0 Å². The molecule has 4 nitrogen and oxygen atoms in total. The Morgan fingerprint density at radius 2 is 1.94 bits per heavy atom. The Balaban J connectivity index is 1.99. The van der Waals surface area contributed by atoms with Crippen molar-refractivity contribution in [2.75, 3.05) is 0 Å². The van der Waals surface area contributed by atoms with Crippen LogP contribution in [0.1, 0.15) is 36.4 Å². The van der Waals surface area contributed by atoms with Crippen LogP contribution in [0.4, 0.5) is 4.39 Å². The molecule has 1 saturated carbocycles. The van der Waals surface area contributed by atoms with Gasteiger partial charge in [0.25, 0.3) is 0 Å². The van der Waals surface area contributed by atoms with Crippen molar-refractivity contribution in [1.29, 1.82) is 5.26 Å². The summed E-state index contributed by atoms with van der Waals surface area (Å²) < 4.78 is 16.8. The smallest absolute Gasteiger partial charge is 0.200 e. The van der Waals surface area contributed by atoms with Gasteiger partial charge in [0.2, 0.25) is 5.43 Å². The monoisotopic (exact) mass is 427 g/mol. The van der Waals surface area contributed by atoms with E-state index in [1.165, 1.54) is 12.1 Å². The third-order valence-corrected chi connectivity index (χ3v) is 6.83. The standard InChI is InChI=1S/C25H22FN3OSi/c1-31(2,3)10-9-16-12-17(26)13-21-22(16)24(30)23-19-8-7-15(14-27)11-20(19)28-25(23)29(21)18-5-4-6-18/h7-8,11-13,18,28H,4-6H2,1-3H3. The number of rotatable bonds is 1. The van der Waals surface area contributed by atoms with Crippen LogP contribution in [0.25, 0.3) is 32.8 Å². The van der Waals surface area contributed by atoms with Crippen molar-refractivity contribution in [2.24, 2.45) is 0 Å². The predicted molar refractivity (Wildman–Crippen MR) is 125 cm³/mol. The van der Waals surface area contributed by atoms with E-state index < -0.39 is 8.07 Å². The van der Waals surface area contributed by atoms with E-state index in [2.05, 4.69) is 46.7 Å². The number of H-pyrrole nitrogens is 1. The number of pyridine rings is 1. The number of nitrogens with zero attached hydrogens (tertiary/aromatic N) is 2. The van der Waals surface area contributed by atoms with Crippen molar-refractivity contribution < 1.29 is 4.39 Å². The average molecular weight is 428 g/mol. The third kappa shape index (κ3) is 3.15. The van der Waals surface area contributed by atoms with Gasteiger partial charge in [0, 0.05) is 22.5 Å². The van der Waals surface area contributed by atoms with Gasteiger partial charge in [0.1, 0.15) is 19.5 Å². The molecule has 0 atom stereocenters. The molecule has 2 aromatic heterocycles. The molecule has 1 N–H and O–H groups in total. The highest BCUT2D eigenvalue weighted by Crippen LogP contribution is 2.38. The van der Waals surface area contributed by atoms with E-state index in [9.17, 15) is 14.4 Å². The van der Waals surface area contributed by atoms with E-state index in [4.69, 9.17) is 0 Å². The van der Waals surface area contributed by atoms with Crippen LogP contribution in [-0.2, 0) is 0 Å². The Morgan fingerprint density at radius 3 is 2.58 bits per heavy atom. The van der Waals surface area contributed by atoms with E-state index in [0.29, 0.717) is 33.1 Å². The van der Waals surface area contributed by atoms with Gasteiger partial charge >= 0.3 is 0 Å².